The van der Waals surface area contributed by atoms with Crippen LogP contribution in [0.4, 0.5) is 5.69 Å². The third-order valence-corrected chi connectivity index (χ3v) is 7.54. The van der Waals surface area contributed by atoms with Gasteiger partial charge in [0.15, 0.2) is 5.11 Å². The number of anilines is 1. The summed E-state index contributed by atoms with van der Waals surface area (Å²) in [6, 6.07) is 16.4. The number of aromatic nitrogens is 1. The van der Waals surface area contributed by atoms with E-state index in [0.29, 0.717) is 18.2 Å². The molecule has 0 unspecified atom stereocenters. The number of piperidine rings is 1. The van der Waals surface area contributed by atoms with Gasteiger partial charge in [0.05, 0.1) is 5.01 Å². The lowest BCUT2D eigenvalue weighted by molar-refractivity contribution is 0.102. The van der Waals surface area contributed by atoms with Gasteiger partial charge in [-0.3, -0.25) is 4.79 Å². The third-order valence-electron chi connectivity index (χ3n) is 6.13. The average molecular weight is 491 g/mol. The Hall–Kier alpha value is -3.03. The van der Waals surface area contributed by atoms with E-state index < -0.39 is 0 Å². The lowest BCUT2D eigenvalue weighted by Gasteiger charge is -2.33. The minimum Gasteiger partial charge on any atom is -0.359 e. The van der Waals surface area contributed by atoms with E-state index in [-0.39, 0.29) is 5.91 Å². The number of para-hydroxylation sites is 1. The summed E-state index contributed by atoms with van der Waals surface area (Å²) in [5.74, 6) is 0.182. The van der Waals surface area contributed by atoms with Gasteiger partial charge in [0, 0.05) is 42.2 Å². The van der Waals surface area contributed by atoms with Gasteiger partial charge in [0.2, 0.25) is 0 Å². The second kappa shape index (κ2) is 11.4. The number of carbonyl (C=O) groups excluding carboxylic acids is 1. The Labute approximate surface area is 210 Å². The first-order valence-corrected chi connectivity index (χ1v) is 13.0. The molecule has 1 aromatic heterocycles. The summed E-state index contributed by atoms with van der Waals surface area (Å²) >= 11 is 7.03. The highest BCUT2D eigenvalue weighted by molar-refractivity contribution is 7.80. The van der Waals surface area contributed by atoms with Crippen LogP contribution in [0.5, 0.6) is 0 Å². The number of thiocarbonyl (C=S) groups is 1. The molecule has 34 heavy (non-hydrogen) atoms. The number of nitrogens with zero attached hydrogens (tertiary/aromatic N) is 2. The largest absolute Gasteiger partial charge is 0.359 e. The molecule has 1 aliphatic rings. The predicted molar refractivity (Wildman–Crippen MR) is 146 cm³/mol. The van der Waals surface area contributed by atoms with Gasteiger partial charge < -0.3 is 15.5 Å². The van der Waals surface area contributed by atoms with Gasteiger partial charge in [-0.15, -0.1) is 17.9 Å². The number of carbonyl (C=O) groups is 1. The molecule has 7 heteroatoms. The Bertz CT molecular complexity index is 1150. The quantitative estimate of drug-likeness (QED) is 0.321. The molecule has 1 aliphatic heterocycles. The highest BCUT2D eigenvalue weighted by atomic mass is 32.1. The highest BCUT2D eigenvalue weighted by Gasteiger charge is 2.25. The lowest BCUT2D eigenvalue weighted by Crippen LogP contribution is -2.43. The zero-order chi connectivity index (χ0) is 23.9. The number of hydrogen-bond donors (Lipinski definition) is 2. The van der Waals surface area contributed by atoms with Crippen LogP contribution in [0.3, 0.4) is 0 Å². The van der Waals surface area contributed by atoms with E-state index in [9.17, 15) is 4.79 Å². The number of thiazole rings is 1. The Kier molecular flexibility index (Phi) is 8.08. The molecule has 176 valence electrons. The van der Waals surface area contributed by atoms with Gasteiger partial charge in [-0.2, -0.15) is 0 Å². The summed E-state index contributed by atoms with van der Waals surface area (Å²) in [5, 5.41) is 9.94. The van der Waals surface area contributed by atoms with Crippen LogP contribution in [-0.2, 0) is 6.42 Å². The first-order chi connectivity index (χ1) is 16.6. The summed E-state index contributed by atoms with van der Waals surface area (Å²) in [6.07, 6.45) is 4.76. The van der Waals surface area contributed by atoms with E-state index >= 15 is 0 Å². The molecule has 1 fully saturated rings. The van der Waals surface area contributed by atoms with Gasteiger partial charge in [0.1, 0.15) is 5.69 Å². The SMILES string of the molecule is C=CCNC(=S)N1CCC(c2nc(C(=O)Nc3ccccc3-c3ccc(CC)cc3)cs2)CC1. The van der Waals surface area contributed by atoms with Crippen LogP contribution < -0.4 is 10.6 Å². The Morgan fingerprint density at radius 3 is 2.65 bits per heavy atom. The summed E-state index contributed by atoms with van der Waals surface area (Å²) < 4.78 is 0. The monoisotopic (exact) mass is 490 g/mol. The molecule has 1 saturated heterocycles. The number of benzene rings is 2. The van der Waals surface area contributed by atoms with Crippen LogP contribution >= 0.6 is 23.6 Å². The molecule has 4 rings (SSSR count). The van der Waals surface area contributed by atoms with Gasteiger partial charge in [-0.25, -0.2) is 4.98 Å². The minimum absolute atomic E-state index is 0.174. The number of hydrogen-bond acceptors (Lipinski definition) is 4. The average Bonchev–Trinajstić information content (AvgIpc) is 3.38. The van der Waals surface area contributed by atoms with Crippen molar-refractivity contribution in [1.29, 1.82) is 0 Å². The van der Waals surface area contributed by atoms with Crippen molar-refractivity contribution in [3.05, 3.63) is 82.8 Å². The number of amides is 1. The molecule has 0 spiro atoms. The Balaban J connectivity index is 1.40. The maximum atomic E-state index is 13.0. The maximum Gasteiger partial charge on any atom is 0.275 e. The topological polar surface area (TPSA) is 57.3 Å². The number of nitrogens with one attached hydrogen (secondary N) is 2. The first-order valence-electron chi connectivity index (χ1n) is 11.7. The van der Waals surface area contributed by atoms with Crippen molar-refractivity contribution < 1.29 is 4.79 Å². The van der Waals surface area contributed by atoms with Crippen LogP contribution in [0.2, 0.25) is 0 Å². The smallest absolute Gasteiger partial charge is 0.275 e. The summed E-state index contributed by atoms with van der Waals surface area (Å²) in [4.78, 5) is 19.9. The third kappa shape index (κ3) is 5.72. The highest BCUT2D eigenvalue weighted by Crippen LogP contribution is 2.32. The molecule has 3 aromatic rings. The Morgan fingerprint density at radius 1 is 1.21 bits per heavy atom. The number of likely N-dealkylation sites (tertiary alicyclic amines) is 1. The normalized spacial score (nSPS) is 14.0. The number of aryl methyl sites for hydroxylation is 1. The van der Waals surface area contributed by atoms with E-state index in [1.807, 2.05) is 35.7 Å². The van der Waals surface area contributed by atoms with E-state index in [0.717, 1.165) is 59.3 Å². The van der Waals surface area contributed by atoms with Crippen molar-refractivity contribution in [3.8, 4) is 11.1 Å². The maximum absolute atomic E-state index is 13.0. The van der Waals surface area contributed by atoms with Crippen LogP contribution in [-0.4, -0.2) is 40.5 Å². The molecule has 2 heterocycles. The molecule has 0 saturated carbocycles. The van der Waals surface area contributed by atoms with Crippen LogP contribution in [0.15, 0.2) is 66.6 Å². The van der Waals surface area contributed by atoms with Crippen molar-refractivity contribution in [2.24, 2.45) is 0 Å². The fraction of sp³-hybridized carbons (Fsp3) is 0.296. The van der Waals surface area contributed by atoms with Gasteiger partial charge in [-0.1, -0.05) is 55.5 Å². The predicted octanol–water partition coefficient (Wildman–Crippen LogP) is 5.86. The molecular formula is C27H30N4OS2. The van der Waals surface area contributed by atoms with Crippen LogP contribution in [0.25, 0.3) is 11.1 Å². The first kappa shape index (κ1) is 24.1. The van der Waals surface area contributed by atoms with E-state index in [1.54, 1.807) is 11.3 Å². The van der Waals surface area contributed by atoms with Crippen molar-refractivity contribution in [2.75, 3.05) is 25.0 Å². The van der Waals surface area contributed by atoms with Crippen molar-refractivity contribution in [2.45, 2.75) is 32.1 Å². The molecule has 0 radical (unpaired) electrons. The van der Waals surface area contributed by atoms with Crippen molar-refractivity contribution >= 4 is 40.3 Å². The summed E-state index contributed by atoms with van der Waals surface area (Å²) in [5.41, 5.74) is 4.64. The molecule has 2 N–H and O–H groups in total. The summed E-state index contributed by atoms with van der Waals surface area (Å²) in [6.45, 7) is 8.32. The zero-order valence-corrected chi connectivity index (χ0v) is 21.1. The molecule has 0 atom stereocenters. The second-order valence-electron chi connectivity index (χ2n) is 8.36. The van der Waals surface area contributed by atoms with Gasteiger partial charge in [0.25, 0.3) is 5.91 Å². The van der Waals surface area contributed by atoms with Gasteiger partial charge in [-0.05, 0) is 48.7 Å². The standard InChI is InChI=1S/C27H30N4OS2/c1-3-15-28-27(33)31-16-13-21(14-17-31)26-30-24(18-34-26)25(32)29-23-8-6-5-7-22(23)20-11-9-19(4-2)10-12-20/h3,5-12,18,21H,1,4,13-17H2,2H3,(H,28,33)(H,29,32). The molecule has 0 aliphatic carbocycles. The van der Waals surface area contributed by atoms with E-state index in [1.165, 1.54) is 5.56 Å². The second-order valence-corrected chi connectivity index (χ2v) is 9.63. The number of rotatable bonds is 7. The molecule has 1 amide bonds. The Morgan fingerprint density at radius 2 is 1.94 bits per heavy atom. The van der Waals surface area contributed by atoms with E-state index in [4.69, 9.17) is 17.2 Å². The van der Waals surface area contributed by atoms with Gasteiger partial charge >= 0.3 is 0 Å². The summed E-state index contributed by atoms with van der Waals surface area (Å²) in [7, 11) is 0. The molecule has 2 aromatic carbocycles. The fourth-order valence-corrected chi connectivity index (χ4v) is 5.37. The fourth-order valence-electron chi connectivity index (χ4n) is 4.13. The van der Waals surface area contributed by atoms with Crippen LogP contribution in [0.1, 0.15) is 46.7 Å². The minimum atomic E-state index is -0.174. The van der Waals surface area contributed by atoms with Crippen LogP contribution in [0, 0.1) is 0 Å². The lowest BCUT2D eigenvalue weighted by atomic mass is 9.98. The molecular weight excluding hydrogens is 460 g/mol. The van der Waals surface area contributed by atoms with Crippen molar-refractivity contribution in [3.63, 3.8) is 0 Å². The zero-order valence-electron chi connectivity index (χ0n) is 19.4. The molecule has 0 bridgehead atoms. The van der Waals surface area contributed by atoms with E-state index in [2.05, 4.69) is 53.3 Å². The van der Waals surface area contributed by atoms with Crippen molar-refractivity contribution in [1.82, 2.24) is 15.2 Å². The molecule has 5 nitrogen and oxygen atoms in total.